The number of hydrogen-bond acceptors (Lipinski definition) is 2. The van der Waals surface area contributed by atoms with E-state index in [-0.39, 0.29) is 5.82 Å². The fourth-order valence-corrected chi connectivity index (χ4v) is 1.35. The highest BCUT2D eigenvalue weighted by Crippen LogP contribution is 2.16. The maximum Gasteiger partial charge on any atom is 0.127 e. The Morgan fingerprint density at radius 1 is 1.31 bits per heavy atom. The molecule has 0 amide bonds. The van der Waals surface area contributed by atoms with Crippen LogP contribution in [0.4, 0.5) is 4.39 Å². The normalized spacial score (nSPS) is 10.8. The molecule has 0 aliphatic heterocycles. The van der Waals surface area contributed by atoms with Crippen LogP contribution in [0.15, 0.2) is 18.2 Å². The number of benzene rings is 1. The van der Waals surface area contributed by atoms with Gasteiger partial charge in [0.1, 0.15) is 11.6 Å². The van der Waals surface area contributed by atoms with Crippen LogP contribution in [0.1, 0.15) is 32.8 Å². The Morgan fingerprint density at radius 2 is 2.06 bits per heavy atom. The summed E-state index contributed by atoms with van der Waals surface area (Å²) in [7, 11) is 0. The first-order valence-corrected chi connectivity index (χ1v) is 5.77. The molecular weight excluding hydrogens is 205 g/mol. The van der Waals surface area contributed by atoms with Gasteiger partial charge in [0.2, 0.25) is 0 Å². The summed E-state index contributed by atoms with van der Waals surface area (Å²) in [6.45, 7) is 7.44. The van der Waals surface area contributed by atoms with Gasteiger partial charge in [0.25, 0.3) is 0 Å². The molecule has 0 unspecified atom stereocenters. The lowest BCUT2D eigenvalue weighted by atomic mass is 10.2. The first-order valence-electron chi connectivity index (χ1n) is 5.77. The van der Waals surface area contributed by atoms with E-state index in [1.807, 2.05) is 13.0 Å². The predicted octanol–water partition coefficient (Wildman–Crippen LogP) is 3.11. The van der Waals surface area contributed by atoms with Crippen LogP contribution >= 0.6 is 0 Å². The number of hydrogen-bond donors (Lipinski definition) is 1. The summed E-state index contributed by atoms with van der Waals surface area (Å²) < 4.78 is 18.7. The molecule has 1 rings (SSSR count). The van der Waals surface area contributed by atoms with E-state index < -0.39 is 0 Å². The Hall–Kier alpha value is -1.09. The molecule has 0 saturated carbocycles. The van der Waals surface area contributed by atoms with Crippen molar-refractivity contribution in [3.63, 3.8) is 0 Å². The average Bonchev–Trinajstić information content (AvgIpc) is 2.23. The van der Waals surface area contributed by atoms with Crippen molar-refractivity contribution in [2.45, 2.75) is 39.8 Å². The van der Waals surface area contributed by atoms with E-state index in [0.717, 1.165) is 12.0 Å². The third-order valence-electron chi connectivity index (χ3n) is 2.12. The van der Waals surface area contributed by atoms with Crippen LogP contribution in [0.2, 0.25) is 0 Å². The molecule has 2 nitrogen and oxygen atoms in total. The molecule has 16 heavy (non-hydrogen) atoms. The third-order valence-corrected chi connectivity index (χ3v) is 2.12. The smallest absolute Gasteiger partial charge is 0.127 e. The van der Waals surface area contributed by atoms with Gasteiger partial charge >= 0.3 is 0 Å². The van der Waals surface area contributed by atoms with Crippen LogP contribution < -0.4 is 10.1 Å². The Morgan fingerprint density at radius 3 is 2.69 bits per heavy atom. The van der Waals surface area contributed by atoms with Crippen molar-refractivity contribution in [3.8, 4) is 5.75 Å². The van der Waals surface area contributed by atoms with Gasteiger partial charge < -0.3 is 10.1 Å². The molecule has 90 valence electrons. The van der Waals surface area contributed by atoms with Gasteiger partial charge in [-0.05, 0) is 24.1 Å². The number of ether oxygens (including phenoxy) is 1. The molecule has 0 heterocycles. The number of nitrogens with one attached hydrogen (secondary N) is 1. The predicted molar refractivity (Wildman–Crippen MR) is 64.2 cm³/mol. The van der Waals surface area contributed by atoms with Crippen molar-refractivity contribution < 1.29 is 9.13 Å². The summed E-state index contributed by atoms with van der Waals surface area (Å²) in [4.78, 5) is 0. The van der Waals surface area contributed by atoms with Gasteiger partial charge in [-0.15, -0.1) is 0 Å². The van der Waals surface area contributed by atoms with Crippen molar-refractivity contribution in [2.24, 2.45) is 0 Å². The Bertz CT molecular complexity index is 326. The summed E-state index contributed by atoms with van der Waals surface area (Å²) in [5, 5.41) is 3.25. The highest BCUT2D eigenvalue weighted by molar-refractivity contribution is 5.29. The second-order valence-corrected chi connectivity index (χ2v) is 4.18. The first kappa shape index (κ1) is 13.0. The lowest BCUT2D eigenvalue weighted by molar-refractivity contribution is 0.315. The summed E-state index contributed by atoms with van der Waals surface area (Å²) in [6, 6.07) is 5.24. The Labute approximate surface area is 96.8 Å². The molecule has 0 saturated heterocycles. The highest BCUT2D eigenvalue weighted by Gasteiger charge is 2.02. The summed E-state index contributed by atoms with van der Waals surface area (Å²) in [6.07, 6.45) is 0.927. The van der Waals surface area contributed by atoms with E-state index in [4.69, 9.17) is 4.74 Å². The Kier molecular flexibility index (Phi) is 5.26. The molecular formula is C13H20FNO. The Balaban J connectivity index is 2.65. The minimum atomic E-state index is -0.242. The molecule has 1 aromatic carbocycles. The van der Waals surface area contributed by atoms with Crippen molar-refractivity contribution in [1.29, 1.82) is 0 Å². The fraction of sp³-hybridized carbons (Fsp3) is 0.538. The highest BCUT2D eigenvalue weighted by atomic mass is 19.1. The van der Waals surface area contributed by atoms with Gasteiger partial charge in [-0.3, -0.25) is 0 Å². The average molecular weight is 225 g/mol. The SMILES string of the molecule is CCCOc1cc(F)cc(CNC(C)C)c1. The molecule has 0 bridgehead atoms. The molecule has 0 aliphatic carbocycles. The largest absolute Gasteiger partial charge is 0.493 e. The molecule has 1 N–H and O–H groups in total. The van der Waals surface area contributed by atoms with Crippen LogP contribution in [0, 0.1) is 5.82 Å². The van der Waals surface area contributed by atoms with Crippen LogP contribution in [-0.2, 0) is 6.54 Å². The van der Waals surface area contributed by atoms with E-state index in [0.29, 0.717) is 24.9 Å². The zero-order valence-electron chi connectivity index (χ0n) is 10.2. The standard InChI is InChI=1S/C13H20FNO/c1-4-5-16-13-7-11(6-12(14)8-13)9-15-10(2)3/h6-8,10,15H,4-5,9H2,1-3H3. The van der Waals surface area contributed by atoms with E-state index in [1.165, 1.54) is 12.1 Å². The van der Waals surface area contributed by atoms with E-state index >= 15 is 0 Å². The van der Waals surface area contributed by atoms with Crippen LogP contribution in [0.3, 0.4) is 0 Å². The minimum Gasteiger partial charge on any atom is -0.493 e. The second kappa shape index (κ2) is 6.48. The second-order valence-electron chi connectivity index (χ2n) is 4.18. The van der Waals surface area contributed by atoms with Crippen LogP contribution in [0.5, 0.6) is 5.75 Å². The topological polar surface area (TPSA) is 21.3 Å². The summed E-state index contributed by atoms with van der Waals surface area (Å²) in [5.41, 5.74) is 0.916. The zero-order valence-corrected chi connectivity index (χ0v) is 10.2. The molecule has 0 aromatic heterocycles. The monoisotopic (exact) mass is 225 g/mol. The van der Waals surface area contributed by atoms with Gasteiger partial charge in [0, 0.05) is 18.7 Å². The van der Waals surface area contributed by atoms with Gasteiger partial charge in [0.05, 0.1) is 6.61 Å². The van der Waals surface area contributed by atoms with Gasteiger partial charge in [-0.25, -0.2) is 4.39 Å². The minimum absolute atomic E-state index is 0.242. The van der Waals surface area contributed by atoms with Crippen LogP contribution in [0.25, 0.3) is 0 Å². The van der Waals surface area contributed by atoms with Crippen molar-refractivity contribution in [1.82, 2.24) is 5.32 Å². The maximum absolute atomic E-state index is 13.3. The molecule has 0 atom stereocenters. The first-order chi connectivity index (χ1) is 7.61. The maximum atomic E-state index is 13.3. The molecule has 0 radical (unpaired) electrons. The van der Waals surface area contributed by atoms with Gasteiger partial charge in [0.15, 0.2) is 0 Å². The van der Waals surface area contributed by atoms with Crippen molar-refractivity contribution in [3.05, 3.63) is 29.6 Å². The lowest BCUT2D eigenvalue weighted by Gasteiger charge is -2.10. The quantitative estimate of drug-likeness (QED) is 0.803. The van der Waals surface area contributed by atoms with Crippen molar-refractivity contribution in [2.75, 3.05) is 6.61 Å². The van der Waals surface area contributed by atoms with Crippen LogP contribution in [-0.4, -0.2) is 12.6 Å². The molecule has 0 aliphatic rings. The van der Waals surface area contributed by atoms with E-state index in [1.54, 1.807) is 0 Å². The van der Waals surface area contributed by atoms with E-state index in [9.17, 15) is 4.39 Å². The number of halogens is 1. The summed E-state index contributed by atoms with van der Waals surface area (Å²) >= 11 is 0. The lowest BCUT2D eigenvalue weighted by Crippen LogP contribution is -2.21. The summed E-state index contributed by atoms with van der Waals surface area (Å²) in [5.74, 6) is 0.372. The van der Waals surface area contributed by atoms with Gasteiger partial charge in [-0.2, -0.15) is 0 Å². The third kappa shape index (κ3) is 4.62. The molecule has 0 spiro atoms. The van der Waals surface area contributed by atoms with E-state index in [2.05, 4.69) is 19.2 Å². The van der Waals surface area contributed by atoms with Crippen molar-refractivity contribution >= 4 is 0 Å². The zero-order chi connectivity index (χ0) is 12.0. The molecule has 0 fully saturated rings. The van der Waals surface area contributed by atoms with Gasteiger partial charge in [-0.1, -0.05) is 20.8 Å². The molecule has 1 aromatic rings. The fourth-order valence-electron chi connectivity index (χ4n) is 1.35. The number of rotatable bonds is 6. The molecule has 3 heteroatoms.